The van der Waals surface area contributed by atoms with Crippen LogP contribution in [0.2, 0.25) is 0 Å². The summed E-state index contributed by atoms with van der Waals surface area (Å²) in [5, 5.41) is 19.3. The molecule has 3 heterocycles. The van der Waals surface area contributed by atoms with Crippen molar-refractivity contribution in [1.29, 1.82) is 0 Å². The van der Waals surface area contributed by atoms with Gasteiger partial charge in [0.05, 0.1) is 16.6 Å². The highest BCUT2D eigenvalue weighted by Crippen LogP contribution is 2.46. The van der Waals surface area contributed by atoms with E-state index in [2.05, 4.69) is 47.6 Å². The molecule has 32 heavy (non-hydrogen) atoms. The lowest BCUT2D eigenvalue weighted by Gasteiger charge is -2.32. The Kier molecular flexibility index (Phi) is 6.12. The minimum Gasteiger partial charge on any atom is -0.452 e. The fourth-order valence-electron chi connectivity index (χ4n) is 3.50. The summed E-state index contributed by atoms with van der Waals surface area (Å²) < 4.78 is 48.3. The first-order valence-electron chi connectivity index (χ1n) is 9.50. The van der Waals surface area contributed by atoms with Gasteiger partial charge in [0.15, 0.2) is 16.4 Å². The maximum Gasteiger partial charge on any atom is 0.410 e. The van der Waals surface area contributed by atoms with Gasteiger partial charge in [-0.2, -0.15) is 18.3 Å². The predicted molar refractivity (Wildman–Crippen MR) is 117 cm³/mol. The number of carbonyl (C=O) groups is 1. The molecule has 3 aromatic rings. The molecule has 1 aliphatic rings. The van der Waals surface area contributed by atoms with Gasteiger partial charge >= 0.3 is 6.18 Å². The van der Waals surface area contributed by atoms with E-state index in [4.69, 9.17) is 4.42 Å². The molecule has 0 aliphatic carbocycles. The van der Waals surface area contributed by atoms with E-state index in [-0.39, 0.29) is 22.4 Å². The Hall–Kier alpha value is -2.31. The zero-order valence-corrected chi connectivity index (χ0v) is 19.6. The van der Waals surface area contributed by atoms with Crippen LogP contribution in [0.1, 0.15) is 53.3 Å². The van der Waals surface area contributed by atoms with Crippen LogP contribution < -0.4 is 10.6 Å². The molecule has 3 unspecified atom stereocenters. The molecule has 4 rings (SSSR count). The number of nitrogens with zero attached hydrogens (tertiary/aromatic N) is 2. The third kappa shape index (κ3) is 4.44. The molecule has 170 valence electrons. The Bertz CT molecular complexity index is 1160. The highest BCUT2D eigenvalue weighted by Gasteiger charge is 2.48. The van der Waals surface area contributed by atoms with Crippen LogP contribution in [-0.4, -0.2) is 27.0 Å². The topological polar surface area (TPSA) is 92.3 Å². The number of hydrogen-bond donors (Lipinski definition) is 3. The van der Waals surface area contributed by atoms with Gasteiger partial charge < -0.3 is 20.2 Å². The van der Waals surface area contributed by atoms with Crippen LogP contribution in [0.4, 0.5) is 24.7 Å². The van der Waals surface area contributed by atoms with E-state index in [1.54, 1.807) is 43.3 Å². The maximum atomic E-state index is 13.9. The van der Waals surface area contributed by atoms with E-state index in [0.717, 1.165) is 4.68 Å². The first-order chi connectivity index (χ1) is 15.0. The van der Waals surface area contributed by atoms with Crippen LogP contribution in [0.15, 0.2) is 50.0 Å². The van der Waals surface area contributed by atoms with Gasteiger partial charge in [-0.15, -0.1) is 0 Å². The molecular formula is C20H17Br2F3N4O3. The standard InChI is InChI=1S/C20H17Br2F3N4O3/c1-9(30)10-3-2-4-11(7-10)26-19(31)17-16(22)18-27-12(13-5-6-15(21)32-13)8-14(20(23,24)25)29(18)28-17/h2-7,9,12,14,27,30H,8H2,1H3,(H,26,31). The summed E-state index contributed by atoms with van der Waals surface area (Å²) in [5.74, 6) is -0.341. The molecule has 1 amide bonds. The molecule has 0 fully saturated rings. The van der Waals surface area contributed by atoms with Gasteiger partial charge in [-0.05, 0) is 68.6 Å². The second-order valence-electron chi connectivity index (χ2n) is 7.34. The van der Waals surface area contributed by atoms with Crippen LogP contribution in [0.25, 0.3) is 0 Å². The number of nitrogens with one attached hydrogen (secondary N) is 2. The third-order valence-electron chi connectivity index (χ3n) is 5.08. The second-order valence-corrected chi connectivity index (χ2v) is 8.92. The van der Waals surface area contributed by atoms with Crippen LogP contribution in [0.3, 0.4) is 0 Å². The quantitative estimate of drug-likeness (QED) is 0.355. The van der Waals surface area contributed by atoms with Crippen molar-refractivity contribution in [3.63, 3.8) is 0 Å². The molecule has 1 aliphatic heterocycles. The number of hydrogen-bond acceptors (Lipinski definition) is 5. The SMILES string of the molecule is CC(O)c1cccc(NC(=O)c2nn3c(c2Br)NC(c2ccc(Br)o2)CC3C(F)(F)F)c1. The summed E-state index contributed by atoms with van der Waals surface area (Å²) in [6.45, 7) is 1.58. The highest BCUT2D eigenvalue weighted by molar-refractivity contribution is 9.10. The summed E-state index contributed by atoms with van der Waals surface area (Å²) >= 11 is 6.39. The molecule has 0 saturated heterocycles. The van der Waals surface area contributed by atoms with Gasteiger partial charge in [-0.25, -0.2) is 4.68 Å². The fraction of sp³-hybridized carbons (Fsp3) is 0.300. The number of fused-ring (bicyclic) bond motifs is 1. The van der Waals surface area contributed by atoms with Gasteiger partial charge in [0.1, 0.15) is 11.6 Å². The normalized spacial score (nSPS) is 19.2. The Morgan fingerprint density at radius 3 is 2.72 bits per heavy atom. The number of aliphatic hydroxyl groups excluding tert-OH is 1. The van der Waals surface area contributed by atoms with Crippen molar-refractivity contribution in [3.05, 3.63) is 62.6 Å². The van der Waals surface area contributed by atoms with Crippen LogP contribution >= 0.6 is 31.9 Å². The van der Waals surface area contributed by atoms with Crippen molar-refractivity contribution in [2.45, 2.75) is 37.7 Å². The zero-order chi connectivity index (χ0) is 23.2. The van der Waals surface area contributed by atoms with Crippen LogP contribution in [0.5, 0.6) is 0 Å². The molecule has 3 atom stereocenters. The lowest BCUT2D eigenvalue weighted by molar-refractivity contribution is -0.174. The number of anilines is 2. The number of halogens is 5. The van der Waals surface area contributed by atoms with Crippen molar-refractivity contribution < 1.29 is 27.5 Å². The number of furan rings is 1. The molecule has 7 nitrogen and oxygen atoms in total. The second kappa shape index (κ2) is 8.56. The van der Waals surface area contributed by atoms with Crippen LogP contribution in [-0.2, 0) is 0 Å². The molecule has 0 bridgehead atoms. The minimum atomic E-state index is -4.59. The van der Waals surface area contributed by atoms with Crippen molar-refractivity contribution in [2.75, 3.05) is 10.6 Å². The molecule has 12 heteroatoms. The number of aliphatic hydroxyl groups is 1. The number of rotatable bonds is 4. The summed E-state index contributed by atoms with van der Waals surface area (Å²) in [6, 6.07) is 6.98. The fourth-order valence-corrected chi connectivity index (χ4v) is 4.38. The zero-order valence-electron chi connectivity index (χ0n) is 16.5. The highest BCUT2D eigenvalue weighted by atomic mass is 79.9. The first kappa shape index (κ1) is 22.9. The lowest BCUT2D eigenvalue weighted by Crippen LogP contribution is -2.35. The summed E-state index contributed by atoms with van der Waals surface area (Å²) in [5.41, 5.74) is 0.757. The van der Waals surface area contributed by atoms with Crippen molar-refractivity contribution in [1.82, 2.24) is 9.78 Å². The Morgan fingerprint density at radius 2 is 2.09 bits per heavy atom. The van der Waals surface area contributed by atoms with Crippen molar-refractivity contribution in [3.8, 4) is 0 Å². The Balaban J connectivity index is 1.67. The average Bonchev–Trinajstić information content (AvgIpc) is 3.30. The molecule has 0 radical (unpaired) electrons. The van der Waals surface area contributed by atoms with E-state index in [9.17, 15) is 23.1 Å². The molecule has 1 aromatic carbocycles. The van der Waals surface area contributed by atoms with E-state index < -0.39 is 30.3 Å². The van der Waals surface area contributed by atoms with Gasteiger partial charge in [-0.1, -0.05) is 12.1 Å². The molecule has 3 N–H and O–H groups in total. The van der Waals surface area contributed by atoms with E-state index in [1.165, 1.54) is 0 Å². The monoisotopic (exact) mass is 576 g/mol. The predicted octanol–water partition coefficient (Wildman–Crippen LogP) is 5.97. The smallest absolute Gasteiger partial charge is 0.410 e. The Morgan fingerprint density at radius 1 is 1.34 bits per heavy atom. The number of benzene rings is 1. The van der Waals surface area contributed by atoms with Gasteiger partial charge in [0.25, 0.3) is 5.91 Å². The number of alkyl halides is 3. The molecule has 2 aromatic heterocycles. The number of amides is 1. The van der Waals surface area contributed by atoms with Gasteiger partial charge in [0, 0.05) is 12.1 Å². The average molecular weight is 578 g/mol. The van der Waals surface area contributed by atoms with Gasteiger partial charge in [0.2, 0.25) is 0 Å². The van der Waals surface area contributed by atoms with Gasteiger partial charge in [-0.3, -0.25) is 4.79 Å². The largest absolute Gasteiger partial charge is 0.452 e. The van der Waals surface area contributed by atoms with E-state index in [0.29, 0.717) is 21.7 Å². The van der Waals surface area contributed by atoms with E-state index >= 15 is 0 Å². The first-order valence-corrected chi connectivity index (χ1v) is 11.1. The third-order valence-corrected chi connectivity index (χ3v) is 6.25. The summed E-state index contributed by atoms with van der Waals surface area (Å²) in [4.78, 5) is 12.8. The Labute approximate surface area is 197 Å². The van der Waals surface area contributed by atoms with Crippen LogP contribution in [0, 0.1) is 0 Å². The number of carbonyl (C=O) groups excluding carboxylic acids is 1. The van der Waals surface area contributed by atoms with Crippen molar-refractivity contribution >= 4 is 49.3 Å². The minimum absolute atomic E-state index is 0.0268. The summed E-state index contributed by atoms with van der Waals surface area (Å²) in [6.07, 6.45) is -5.69. The molecule has 0 saturated carbocycles. The van der Waals surface area contributed by atoms with E-state index in [1.807, 2.05) is 0 Å². The lowest BCUT2D eigenvalue weighted by atomic mass is 10.0. The number of aromatic nitrogens is 2. The molecule has 0 spiro atoms. The molecular weight excluding hydrogens is 561 g/mol. The maximum absolute atomic E-state index is 13.9. The van der Waals surface area contributed by atoms with Crippen molar-refractivity contribution in [2.24, 2.45) is 0 Å². The summed E-state index contributed by atoms with van der Waals surface area (Å²) in [7, 11) is 0.